The van der Waals surface area contributed by atoms with E-state index in [1.807, 2.05) is 0 Å². The van der Waals surface area contributed by atoms with Crippen LogP contribution in [0.5, 0.6) is 0 Å². The summed E-state index contributed by atoms with van der Waals surface area (Å²) in [6.45, 7) is 2.11. The van der Waals surface area contributed by atoms with Crippen LogP contribution in [0.1, 0.15) is 36.9 Å². The van der Waals surface area contributed by atoms with E-state index in [1.165, 1.54) is 18.4 Å². The third-order valence-electron chi connectivity index (χ3n) is 3.77. The first-order valence-electron chi connectivity index (χ1n) is 6.86. The fourth-order valence-electron chi connectivity index (χ4n) is 2.30. The second-order valence-corrected chi connectivity index (χ2v) is 5.28. The molecule has 0 aromatic heterocycles. The SMILES string of the molecule is CCc1ccc2c(c1)NC(=O)N(C)C2C#CC1CC1. The quantitative estimate of drug-likeness (QED) is 0.767. The molecule has 1 aliphatic heterocycles. The van der Waals surface area contributed by atoms with Crippen molar-refractivity contribution in [3.63, 3.8) is 0 Å². The highest BCUT2D eigenvalue weighted by Gasteiger charge is 2.29. The van der Waals surface area contributed by atoms with Crippen LogP contribution in [0.25, 0.3) is 0 Å². The Labute approximate surface area is 114 Å². The van der Waals surface area contributed by atoms with Crippen LogP contribution in [0.3, 0.4) is 0 Å². The van der Waals surface area contributed by atoms with E-state index in [4.69, 9.17) is 0 Å². The van der Waals surface area contributed by atoms with Crippen LogP contribution in [0.4, 0.5) is 10.5 Å². The van der Waals surface area contributed by atoms with Gasteiger partial charge in [0.1, 0.15) is 6.04 Å². The second kappa shape index (κ2) is 4.62. The van der Waals surface area contributed by atoms with Crippen LogP contribution in [-0.2, 0) is 6.42 Å². The number of urea groups is 1. The first kappa shape index (κ1) is 12.1. The molecule has 1 unspecified atom stereocenters. The Bertz CT molecular complexity index is 578. The van der Waals surface area contributed by atoms with Crippen molar-refractivity contribution in [3.8, 4) is 11.8 Å². The number of fused-ring (bicyclic) bond motifs is 1. The summed E-state index contributed by atoms with van der Waals surface area (Å²) in [6, 6.07) is 6.09. The van der Waals surface area contributed by atoms with Gasteiger partial charge in [-0.15, -0.1) is 0 Å². The molecule has 2 amide bonds. The van der Waals surface area contributed by atoms with E-state index in [0.717, 1.165) is 17.7 Å². The average Bonchev–Trinajstić information content (AvgIpc) is 3.23. The van der Waals surface area contributed by atoms with Crippen molar-refractivity contribution in [2.45, 2.75) is 32.2 Å². The molecule has 2 aliphatic rings. The molecule has 1 N–H and O–H groups in total. The Kier molecular flexibility index (Phi) is 2.94. The van der Waals surface area contributed by atoms with Crippen LogP contribution in [0.2, 0.25) is 0 Å². The molecule has 1 saturated carbocycles. The lowest BCUT2D eigenvalue weighted by Gasteiger charge is -2.32. The van der Waals surface area contributed by atoms with Crippen LogP contribution in [-0.4, -0.2) is 18.0 Å². The summed E-state index contributed by atoms with van der Waals surface area (Å²) in [6.07, 6.45) is 3.38. The number of hydrogen-bond donors (Lipinski definition) is 1. The zero-order valence-corrected chi connectivity index (χ0v) is 11.4. The number of hydrogen-bond acceptors (Lipinski definition) is 1. The molecule has 1 aromatic rings. The number of benzene rings is 1. The Morgan fingerprint density at radius 1 is 1.37 bits per heavy atom. The number of nitrogens with one attached hydrogen (secondary N) is 1. The van der Waals surface area contributed by atoms with Gasteiger partial charge >= 0.3 is 6.03 Å². The van der Waals surface area contributed by atoms with E-state index in [-0.39, 0.29) is 12.1 Å². The normalized spacial score (nSPS) is 21.3. The van der Waals surface area contributed by atoms with Crippen molar-refractivity contribution in [2.24, 2.45) is 5.92 Å². The number of carbonyl (C=O) groups is 1. The standard InChI is InChI=1S/C16H18N2O/c1-3-11-6-8-13-14(10-11)17-16(19)18(2)15(13)9-7-12-4-5-12/h6,8,10,12,15H,3-5H2,1-2H3,(H,17,19). The number of aryl methyl sites for hydroxylation is 1. The maximum atomic E-state index is 12.0. The van der Waals surface area contributed by atoms with Crippen molar-refractivity contribution in [3.05, 3.63) is 29.3 Å². The van der Waals surface area contributed by atoms with E-state index in [0.29, 0.717) is 5.92 Å². The highest BCUT2D eigenvalue weighted by atomic mass is 16.2. The van der Waals surface area contributed by atoms with Gasteiger partial charge in [0, 0.05) is 24.2 Å². The van der Waals surface area contributed by atoms with E-state index in [2.05, 4.69) is 42.3 Å². The Balaban J connectivity index is 1.99. The van der Waals surface area contributed by atoms with Gasteiger partial charge in [0.15, 0.2) is 0 Å². The third-order valence-corrected chi connectivity index (χ3v) is 3.77. The smallest absolute Gasteiger partial charge is 0.310 e. The minimum absolute atomic E-state index is 0.0733. The second-order valence-electron chi connectivity index (χ2n) is 5.28. The topological polar surface area (TPSA) is 32.3 Å². The molecule has 3 heteroatoms. The summed E-state index contributed by atoms with van der Waals surface area (Å²) in [4.78, 5) is 13.7. The molecule has 1 aliphatic carbocycles. The molecular weight excluding hydrogens is 236 g/mol. The summed E-state index contributed by atoms with van der Waals surface area (Å²) < 4.78 is 0. The van der Waals surface area contributed by atoms with E-state index < -0.39 is 0 Å². The van der Waals surface area contributed by atoms with Gasteiger partial charge in [-0.05, 0) is 30.9 Å². The molecule has 19 heavy (non-hydrogen) atoms. The zero-order valence-electron chi connectivity index (χ0n) is 11.4. The lowest BCUT2D eigenvalue weighted by Crippen LogP contribution is -2.39. The molecule has 3 rings (SSSR count). The Hall–Kier alpha value is -1.95. The molecule has 1 atom stereocenters. The van der Waals surface area contributed by atoms with Crippen LogP contribution >= 0.6 is 0 Å². The summed E-state index contributed by atoms with van der Waals surface area (Å²) in [5.74, 6) is 7.10. The number of anilines is 1. The van der Waals surface area contributed by atoms with Crippen molar-refractivity contribution in [2.75, 3.05) is 12.4 Å². The molecule has 0 spiro atoms. The highest BCUT2D eigenvalue weighted by molar-refractivity contribution is 5.93. The number of carbonyl (C=O) groups excluding carboxylic acids is 1. The van der Waals surface area contributed by atoms with Gasteiger partial charge in [0.2, 0.25) is 0 Å². The molecule has 3 nitrogen and oxygen atoms in total. The summed E-state index contributed by atoms with van der Waals surface area (Å²) in [5.41, 5.74) is 3.25. The van der Waals surface area contributed by atoms with Crippen LogP contribution in [0, 0.1) is 17.8 Å². The maximum Gasteiger partial charge on any atom is 0.322 e. The fraction of sp³-hybridized carbons (Fsp3) is 0.438. The monoisotopic (exact) mass is 254 g/mol. The molecule has 1 fully saturated rings. The minimum atomic E-state index is -0.116. The van der Waals surface area contributed by atoms with Crippen LogP contribution in [0.15, 0.2) is 18.2 Å². The van der Waals surface area contributed by atoms with Crippen molar-refractivity contribution < 1.29 is 4.79 Å². The molecule has 98 valence electrons. The molecule has 0 radical (unpaired) electrons. The van der Waals surface area contributed by atoms with Gasteiger partial charge in [-0.25, -0.2) is 4.79 Å². The van der Waals surface area contributed by atoms with Gasteiger partial charge in [0.05, 0.1) is 0 Å². The Morgan fingerprint density at radius 3 is 2.84 bits per heavy atom. The van der Waals surface area contributed by atoms with Crippen LogP contribution < -0.4 is 5.32 Å². The Morgan fingerprint density at radius 2 is 2.16 bits per heavy atom. The van der Waals surface area contributed by atoms with E-state index in [1.54, 1.807) is 11.9 Å². The predicted molar refractivity (Wildman–Crippen MR) is 75.8 cm³/mol. The highest BCUT2D eigenvalue weighted by Crippen LogP contribution is 2.33. The van der Waals surface area contributed by atoms with E-state index >= 15 is 0 Å². The zero-order chi connectivity index (χ0) is 13.4. The molecule has 0 saturated heterocycles. The summed E-state index contributed by atoms with van der Waals surface area (Å²) >= 11 is 0. The molecule has 1 aromatic carbocycles. The largest absolute Gasteiger partial charge is 0.322 e. The van der Waals surface area contributed by atoms with Crippen molar-refractivity contribution >= 4 is 11.7 Å². The third kappa shape index (κ3) is 2.31. The maximum absolute atomic E-state index is 12.0. The fourth-order valence-corrected chi connectivity index (χ4v) is 2.30. The summed E-state index contributed by atoms with van der Waals surface area (Å²) in [5, 5.41) is 2.94. The average molecular weight is 254 g/mol. The van der Waals surface area contributed by atoms with Gasteiger partial charge in [-0.2, -0.15) is 0 Å². The summed E-state index contributed by atoms with van der Waals surface area (Å²) in [7, 11) is 1.80. The number of nitrogens with zero attached hydrogens (tertiary/aromatic N) is 1. The first-order chi connectivity index (χ1) is 9.19. The van der Waals surface area contributed by atoms with E-state index in [9.17, 15) is 4.79 Å². The lowest BCUT2D eigenvalue weighted by molar-refractivity contribution is 0.212. The lowest BCUT2D eigenvalue weighted by atomic mass is 9.98. The van der Waals surface area contributed by atoms with Crippen molar-refractivity contribution in [1.82, 2.24) is 4.90 Å². The van der Waals surface area contributed by atoms with Gasteiger partial charge in [-0.1, -0.05) is 30.9 Å². The predicted octanol–water partition coefficient (Wildman–Crippen LogP) is 3.18. The number of amides is 2. The van der Waals surface area contributed by atoms with Gasteiger partial charge in [-0.3, -0.25) is 0 Å². The van der Waals surface area contributed by atoms with Gasteiger partial charge < -0.3 is 10.2 Å². The number of rotatable bonds is 1. The molecule has 1 heterocycles. The first-order valence-corrected chi connectivity index (χ1v) is 6.86. The minimum Gasteiger partial charge on any atom is -0.310 e. The van der Waals surface area contributed by atoms with Crippen molar-refractivity contribution in [1.29, 1.82) is 0 Å². The molecular formula is C16H18N2O. The molecule has 0 bridgehead atoms. The van der Waals surface area contributed by atoms with Gasteiger partial charge in [0.25, 0.3) is 0 Å².